The van der Waals surface area contributed by atoms with Gasteiger partial charge >= 0.3 is 0 Å². The van der Waals surface area contributed by atoms with Crippen LogP contribution in [0.25, 0.3) is 0 Å². The van der Waals surface area contributed by atoms with Crippen LogP contribution >= 0.6 is 0 Å². The predicted octanol–water partition coefficient (Wildman–Crippen LogP) is 2.27. The van der Waals surface area contributed by atoms with Gasteiger partial charge in [0.05, 0.1) is 6.10 Å². The molecule has 1 N–H and O–H groups in total. The van der Waals surface area contributed by atoms with Crippen LogP contribution < -0.4 is 0 Å². The van der Waals surface area contributed by atoms with Crippen LogP contribution in [0.2, 0.25) is 0 Å². The Labute approximate surface area is 88.3 Å². The van der Waals surface area contributed by atoms with Crippen molar-refractivity contribution >= 4 is 0 Å². The van der Waals surface area contributed by atoms with E-state index in [1.54, 1.807) is 0 Å². The molecule has 2 nitrogen and oxygen atoms in total. The summed E-state index contributed by atoms with van der Waals surface area (Å²) in [7, 11) is 2.16. The lowest BCUT2D eigenvalue weighted by Gasteiger charge is -2.31. The third-order valence-corrected chi connectivity index (χ3v) is 3.26. The lowest BCUT2D eigenvalue weighted by atomic mass is 10.0. The lowest BCUT2D eigenvalue weighted by Crippen LogP contribution is -2.41. The molecule has 1 saturated carbocycles. The smallest absolute Gasteiger partial charge is 0.0695 e. The second kappa shape index (κ2) is 5.72. The molecule has 0 aromatic carbocycles. The van der Waals surface area contributed by atoms with Crippen LogP contribution in [0.15, 0.2) is 0 Å². The van der Waals surface area contributed by atoms with E-state index >= 15 is 0 Å². The van der Waals surface area contributed by atoms with Crippen molar-refractivity contribution in [2.75, 3.05) is 13.6 Å². The quantitative estimate of drug-likeness (QED) is 0.680. The standard InChI is InChI=1S/C12H25NO/c1-4-6-12(14)11(5-2)13(3)9-10-7-8-10/h10-12,14H,4-9H2,1-3H3. The molecule has 1 aliphatic rings. The van der Waals surface area contributed by atoms with Gasteiger partial charge in [0, 0.05) is 12.6 Å². The van der Waals surface area contributed by atoms with Gasteiger partial charge in [-0.3, -0.25) is 0 Å². The minimum absolute atomic E-state index is 0.131. The summed E-state index contributed by atoms with van der Waals surface area (Å²) in [6, 6.07) is 0.371. The molecule has 2 atom stereocenters. The zero-order valence-electron chi connectivity index (χ0n) is 9.87. The van der Waals surface area contributed by atoms with E-state index in [2.05, 4.69) is 25.8 Å². The van der Waals surface area contributed by atoms with Gasteiger partial charge in [-0.15, -0.1) is 0 Å². The topological polar surface area (TPSA) is 23.5 Å². The van der Waals surface area contributed by atoms with E-state index in [1.807, 2.05) is 0 Å². The number of hydrogen-bond acceptors (Lipinski definition) is 2. The molecule has 0 heterocycles. The molecule has 0 bridgehead atoms. The number of aliphatic hydroxyl groups excluding tert-OH is 1. The van der Waals surface area contributed by atoms with E-state index in [0.717, 1.165) is 25.2 Å². The molecule has 0 aliphatic heterocycles. The molecule has 0 radical (unpaired) electrons. The van der Waals surface area contributed by atoms with Gasteiger partial charge in [-0.25, -0.2) is 0 Å². The Morgan fingerprint density at radius 3 is 2.43 bits per heavy atom. The van der Waals surface area contributed by atoms with Crippen molar-refractivity contribution in [3.05, 3.63) is 0 Å². The van der Waals surface area contributed by atoms with Gasteiger partial charge < -0.3 is 10.0 Å². The third-order valence-electron chi connectivity index (χ3n) is 3.26. The van der Waals surface area contributed by atoms with Crippen molar-refractivity contribution in [1.82, 2.24) is 4.90 Å². The summed E-state index contributed by atoms with van der Waals surface area (Å²) in [5, 5.41) is 9.97. The Kier molecular flexibility index (Phi) is 4.90. The fourth-order valence-corrected chi connectivity index (χ4v) is 2.21. The monoisotopic (exact) mass is 199 g/mol. The molecule has 1 fully saturated rings. The second-order valence-corrected chi connectivity index (χ2v) is 4.71. The van der Waals surface area contributed by atoms with Gasteiger partial charge in [0.15, 0.2) is 0 Å². The lowest BCUT2D eigenvalue weighted by molar-refractivity contribution is 0.0521. The number of aliphatic hydroxyl groups is 1. The van der Waals surface area contributed by atoms with Gasteiger partial charge in [0.2, 0.25) is 0 Å². The van der Waals surface area contributed by atoms with Crippen LogP contribution in [0.5, 0.6) is 0 Å². The number of rotatable bonds is 7. The van der Waals surface area contributed by atoms with Crippen LogP contribution in [-0.2, 0) is 0 Å². The van der Waals surface area contributed by atoms with Crippen molar-refractivity contribution in [2.24, 2.45) is 5.92 Å². The van der Waals surface area contributed by atoms with Crippen molar-refractivity contribution in [2.45, 2.75) is 58.1 Å². The summed E-state index contributed by atoms with van der Waals surface area (Å²) in [6.07, 6.45) is 5.73. The summed E-state index contributed by atoms with van der Waals surface area (Å²) in [5.41, 5.74) is 0. The third kappa shape index (κ3) is 3.58. The zero-order chi connectivity index (χ0) is 10.6. The first-order chi connectivity index (χ1) is 6.69. The zero-order valence-corrected chi connectivity index (χ0v) is 9.87. The van der Waals surface area contributed by atoms with E-state index in [-0.39, 0.29) is 6.10 Å². The molecule has 0 spiro atoms. The Morgan fingerprint density at radius 2 is 2.00 bits per heavy atom. The van der Waals surface area contributed by atoms with Crippen LogP contribution in [0.3, 0.4) is 0 Å². The summed E-state index contributed by atoms with van der Waals surface area (Å²) < 4.78 is 0. The molecule has 2 heteroatoms. The largest absolute Gasteiger partial charge is 0.391 e. The van der Waals surface area contributed by atoms with Gasteiger partial charge in [-0.2, -0.15) is 0 Å². The average Bonchev–Trinajstić information content (AvgIpc) is 2.90. The molecule has 0 amide bonds. The maximum absolute atomic E-state index is 9.97. The highest BCUT2D eigenvalue weighted by molar-refractivity contribution is 4.82. The number of likely N-dealkylation sites (N-methyl/N-ethyl adjacent to an activating group) is 1. The van der Waals surface area contributed by atoms with Crippen molar-refractivity contribution in [3.8, 4) is 0 Å². The molecule has 0 aromatic heterocycles. The molecule has 2 unspecified atom stereocenters. The van der Waals surface area contributed by atoms with Gasteiger partial charge in [0.1, 0.15) is 0 Å². The van der Waals surface area contributed by atoms with Gasteiger partial charge in [-0.05, 0) is 38.6 Å². The van der Waals surface area contributed by atoms with Crippen molar-refractivity contribution < 1.29 is 5.11 Å². The van der Waals surface area contributed by atoms with Crippen LogP contribution in [-0.4, -0.2) is 35.7 Å². The van der Waals surface area contributed by atoms with Crippen LogP contribution in [0, 0.1) is 5.92 Å². The molecule has 0 saturated heterocycles. The Balaban J connectivity index is 2.33. The predicted molar refractivity (Wildman–Crippen MR) is 60.3 cm³/mol. The average molecular weight is 199 g/mol. The minimum Gasteiger partial charge on any atom is -0.391 e. The van der Waals surface area contributed by atoms with Crippen LogP contribution in [0.1, 0.15) is 46.0 Å². The highest BCUT2D eigenvalue weighted by Crippen LogP contribution is 2.30. The van der Waals surface area contributed by atoms with Gasteiger partial charge in [0.25, 0.3) is 0 Å². The molecular formula is C12H25NO. The van der Waals surface area contributed by atoms with Gasteiger partial charge in [-0.1, -0.05) is 20.3 Å². The van der Waals surface area contributed by atoms with Crippen molar-refractivity contribution in [3.63, 3.8) is 0 Å². The number of nitrogens with zero attached hydrogens (tertiary/aromatic N) is 1. The summed E-state index contributed by atoms with van der Waals surface area (Å²) in [5.74, 6) is 0.919. The molecule has 0 aromatic rings. The fraction of sp³-hybridized carbons (Fsp3) is 1.00. The van der Waals surface area contributed by atoms with Crippen molar-refractivity contribution in [1.29, 1.82) is 0 Å². The first-order valence-electron chi connectivity index (χ1n) is 6.07. The van der Waals surface area contributed by atoms with E-state index < -0.39 is 0 Å². The molecule has 1 aliphatic carbocycles. The first kappa shape index (κ1) is 12.0. The highest BCUT2D eigenvalue weighted by Gasteiger charge is 2.28. The van der Waals surface area contributed by atoms with E-state index in [1.165, 1.54) is 19.4 Å². The normalized spacial score (nSPS) is 21.2. The minimum atomic E-state index is -0.131. The maximum Gasteiger partial charge on any atom is 0.0695 e. The van der Waals surface area contributed by atoms with E-state index in [4.69, 9.17) is 0 Å². The fourth-order valence-electron chi connectivity index (χ4n) is 2.21. The Bertz CT molecular complexity index is 156. The summed E-state index contributed by atoms with van der Waals surface area (Å²) in [4.78, 5) is 2.36. The number of hydrogen-bond donors (Lipinski definition) is 1. The van der Waals surface area contributed by atoms with Crippen LogP contribution in [0.4, 0.5) is 0 Å². The molecule has 84 valence electrons. The Morgan fingerprint density at radius 1 is 1.36 bits per heavy atom. The summed E-state index contributed by atoms with van der Waals surface area (Å²) in [6.45, 7) is 5.49. The van der Waals surface area contributed by atoms with E-state index in [9.17, 15) is 5.11 Å². The highest BCUT2D eigenvalue weighted by atomic mass is 16.3. The first-order valence-corrected chi connectivity index (χ1v) is 6.07. The SMILES string of the molecule is CCCC(O)C(CC)N(C)CC1CC1. The molecule has 1 rings (SSSR count). The summed E-state index contributed by atoms with van der Waals surface area (Å²) >= 11 is 0. The second-order valence-electron chi connectivity index (χ2n) is 4.71. The molecular weight excluding hydrogens is 174 g/mol. The van der Waals surface area contributed by atoms with E-state index in [0.29, 0.717) is 6.04 Å². The maximum atomic E-state index is 9.97. The Hall–Kier alpha value is -0.0800. The molecule has 14 heavy (non-hydrogen) atoms.